The molecule has 104 valence electrons. The molecular weight excluding hydrogens is 342 g/mol. The Hall–Kier alpha value is -1.20. The van der Waals surface area contributed by atoms with E-state index in [0.717, 1.165) is 29.3 Å². The molecule has 6 heteroatoms. The molecule has 0 saturated heterocycles. The predicted molar refractivity (Wildman–Crippen MR) is 80.7 cm³/mol. The largest absolute Gasteiger partial charge is 0.298 e. The van der Waals surface area contributed by atoms with Crippen molar-refractivity contribution >= 4 is 33.8 Å². The molecule has 2 aromatic heterocycles. The van der Waals surface area contributed by atoms with Crippen LogP contribution in [-0.4, -0.2) is 21.1 Å². The van der Waals surface area contributed by atoms with Crippen LogP contribution in [0.4, 0.5) is 0 Å². The van der Waals surface area contributed by atoms with E-state index in [1.807, 2.05) is 12.1 Å². The van der Waals surface area contributed by atoms with Gasteiger partial charge in [-0.1, -0.05) is 24.4 Å². The molecule has 0 radical (unpaired) electrons. The fourth-order valence-corrected chi connectivity index (χ4v) is 3.18. The van der Waals surface area contributed by atoms with Crippen molar-refractivity contribution in [1.82, 2.24) is 14.8 Å². The van der Waals surface area contributed by atoms with Crippen LogP contribution in [0, 0.1) is 0 Å². The third-order valence-electron chi connectivity index (χ3n) is 3.68. The lowest BCUT2D eigenvalue weighted by molar-refractivity contribution is 0.112. The topological polar surface area (TPSA) is 47.8 Å². The minimum absolute atomic E-state index is 0.337. The summed E-state index contributed by atoms with van der Waals surface area (Å²) in [6.07, 6.45) is 7.00. The molecule has 0 amide bonds. The zero-order chi connectivity index (χ0) is 14.1. The van der Waals surface area contributed by atoms with Crippen LogP contribution in [-0.2, 0) is 0 Å². The molecule has 3 rings (SSSR count). The Balaban J connectivity index is 2.07. The average molecular weight is 355 g/mol. The van der Waals surface area contributed by atoms with Crippen molar-refractivity contribution in [1.29, 1.82) is 0 Å². The fraction of sp³-hybridized carbons (Fsp3) is 0.357. The van der Waals surface area contributed by atoms with E-state index in [0.29, 0.717) is 22.5 Å². The summed E-state index contributed by atoms with van der Waals surface area (Å²) >= 11 is 9.64. The molecule has 0 bridgehead atoms. The van der Waals surface area contributed by atoms with E-state index in [1.165, 1.54) is 12.8 Å². The second-order valence-electron chi connectivity index (χ2n) is 4.94. The summed E-state index contributed by atoms with van der Waals surface area (Å²) in [7, 11) is 0. The molecule has 4 nitrogen and oxygen atoms in total. The van der Waals surface area contributed by atoms with Gasteiger partial charge in [0.15, 0.2) is 12.1 Å². The summed E-state index contributed by atoms with van der Waals surface area (Å²) in [6, 6.07) is 3.69. The van der Waals surface area contributed by atoms with Gasteiger partial charge in [-0.2, -0.15) is 5.10 Å². The molecule has 1 aliphatic carbocycles. The molecule has 1 fully saturated rings. The van der Waals surface area contributed by atoms with Crippen LogP contribution in [0.3, 0.4) is 0 Å². The number of carbonyl (C=O) groups excluding carboxylic acids is 1. The highest BCUT2D eigenvalue weighted by atomic mass is 79.9. The normalized spacial score (nSPS) is 15.7. The molecule has 0 spiro atoms. The summed E-state index contributed by atoms with van der Waals surface area (Å²) in [5.74, 6) is 0.954. The third-order valence-corrected chi connectivity index (χ3v) is 4.51. The van der Waals surface area contributed by atoms with Crippen molar-refractivity contribution in [2.75, 3.05) is 0 Å². The number of nitrogens with zero attached hydrogens (tertiary/aromatic N) is 3. The maximum Gasteiger partial charge on any atom is 0.155 e. The lowest BCUT2D eigenvalue weighted by atomic mass is 10.0. The van der Waals surface area contributed by atoms with Crippen molar-refractivity contribution in [2.45, 2.75) is 31.6 Å². The summed E-state index contributed by atoms with van der Waals surface area (Å²) in [6.45, 7) is 0. The standard InChI is InChI=1S/C14H13BrClN3O/c15-10-5-6-12(17-7-10)19-14(16)11(8-20)13(18-19)9-3-1-2-4-9/h5-9H,1-4H2. The molecule has 0 unspecified atom stereocenters. The molecule has 2 heterocycles. The number of rotatable bonds is 3. The van der Waals surface area contributed by atoms with E-state index in [1.54, 1.807) is 10.9 Å². The number of hydrogen-bond acceptors (Lipinski definition) is 3. The summed E-state index contributed by atoms with van der Waals surface area (Å²) in [4.78, 5) is 15.6. The van der Waals surface area contributed by atoms with Gasteiger partial charge in [0.2, 0.25) is 0 Å². The molecule has 0 atom stereocenters. The number of pyridine rings is 1. The highest BCUT2D eigenvalue weighted by Crippen LogP contribution is 2.37. The highest BCUT2D eigenvalue weighted by molar-refractivity contribution is 9.10. The van der Waals surface area contributed by atoms with Crippen LogP contribution < -0.4 is 0 Å². The van der Waals surface area contributed by atoms with Crippen LogP contribution in [0.1, 0.15) is 47.7 Å². The molecule has 0 aromatic carbocycles. The Morgan fingerprint density at radius 2 is 2.10 bits per heavy atom. The Bertz CT molecular complexity index is 633. The molecule has 0 aliphatic heterocycles. The SMILES string of the molecule is O=Cc1c(C2CCCC2)nn(-c2ccc(Br)cn2)c1Cl. The molecule has 1 aliphatic rings. The molecule has 1 saturated carbocycles. The van der Waals surface area contributed by atoms with Gasteiger partial charge in [0.05, 0.1) is 11.3 Å². The van der Waals surface area contributed by atoms with E-state index in [2.05, 4.69) is 26.0 Å². The first-order chi connectivity index (χ1) is 9.70. The summed E-state index contributed by atoms with van der Waals surface area (Å²) in [5.41, 5.74) is 1.32. The van der Waals surface area contributed by atoms with E-state index in [4.69, 9.17) is 11.6 Å². The Morgan fingerprint density at radius 1 is 1.35 bits per heavy atom. The fourth-order valence-electron chi connectivity index (χ4n) is 2.68. The first kappa shape index (κ1) is 13.8. The Kier molecular flexibility index (Phi) is 3.89. The summed E-state index contributed by atoms with van der Waals surface area (Å²) < 4.78 is 2.43. The number of halogens is 2. The van der Waals surface area contributed by atoms with Crippen molar-refractivity contribution in [2.24, 2.45) is 0 Å². The molecule has 2 aromatic rings. The van der Waals surface area contributed by atoms with Gasteiger partial charge in [0, 0.05) is 16.6 Å². The van der Waals surface area contributed by atoms with Gasteiger partial charge < -0.3 is 0 Å². The van der Waals surface area contributed by atoms with E-state index < -0.39 is 0 Å². The van der Waals surface area contributed by atoms with Crippen molar-refractivity contribution < 1.29 is 4.79 Å². The van der Waals surface area contributed by atoms with E-state index >= 15 is 0 Å². The Morgan fingerprint density at radius 3 is 2.70 bits per heavy atom. The van der Waals surface area contributed by atoms with Gasteiger partial charge in [-0.05, 0) is 40.9 Å². The van der Waals surface area contributed by atoms with Gasteiger partial charge in [0.1, 0.15) is 5.15 Å². The van der Waals surface area contributed by atoms with E-state index in [9.17, 15) is 4.79 Å². The van der Waals surface area contributed by atoms with Crippen LogP contribution in [0.2, 0.25) is 5.15 Å². The zero-order valence-electron chi connectivity index (χ0n) is 10.7. The number of carbonyl (C=O) groups is 1. The van der Waals surface area contributed by atoms with Gasteiger partial charge in [0.25, 0.3) is 0 Å². The van der Waals surface area contributed by atoms with Crippen LogP contribution in [0.25, 0.3) is 5.82 Å². The maximum absolute atomic E-state index is 11.3. The average Bonchev–Trinajstić information content (AvgIpc) is 3.07. The molecule has 0 N–H and O–H groups in total. The lowest BCUT2D eigenvalue weighted by Gasteiger charge is -2.05. The highest BCUT2D eigenvalue weighted by Gasteiger charge is 2.26. The first-order valence-corrected chi connectivity index (χ1v) is 7.73. The second kappa shape index (κ2) is 5.66. The second-order valence-corrected chi connectivity index (χ2v) is 6.21. The minimum Gasteiger partial charge on any atom is -0.298 e. The van der Waals surface area contributed by atoms with Gasteiger partial charge >= 0.3 is 0 Å². The van der Waals surface area contributed by atoms with Gasteiger partial charge in [-0.15, -0.1) is 0 Å². The van der Waals surface area contributed by atoms with Crippen molar-refractivity contribution in [3.8, 4) is 5.82 Å². The molecular formula is C14H13BrClN3O. The van der Waals surface area contributed by atoms with Crippen molar-refractivity contribution in [3.63, 3.8) is 0 Å². The molecule has 20 heavy (non-hydrogen) atoms. The Labute approximate surface area is 130 Å². The first-order valence-electron chi connectivity index (χ1n) is 6.56. The lowest BCUT2D eigenvalue weighted by Crippen LogP contribution is -2.01. The minimum atomic E-state index is 0.337. The van der Waals surface area contributed by atoms with Crippen LogP contribution in [0.15, 0.2) is 22.8 Å². The third kappa shape index (κ3) is 2.40. The summed E-state index contributed by atoms with van der Waals surface area (Å²) in [5, 5.41) is 4.88. The number of hydrogen-bond donors (Lipinski definition) is 0. The number of aldehydes is 1. The smallest absolute Gasteiger partial charge is 0.155 e. The zero-order valence-corrected chi connectivity index (χ0v) is 13.1. The van der Waals surface area contributed by atoms with Crippen LogP contribution >= 0.6 is 27.5 Å². The van der Waals surface area contributed by atoms with Gasteiger partial charge in [-0.3, -0.25) is 4.79 Å². The number of aromatic nitrogens is 3. The van der Waals surface area contributed by atoms with Crippen LogP contribution in [0.5, 0.6) is 0 Å². The quantitative estimate of drug-likeness (QED) is 0.778. The monoisotopic (exact) mass is 353 g/mol. The van der Waals surface area contributed by atoms with E-state index in [-0.39, 0.29) is 0 Å². The van der Waals surface area contributed by atoms with Crippen molar-refractivity contribution in [3.05, 3.63) is 39.2 Å². The predicted octanol–water partition coefficient (Wildman–Crippen LogP) is 4.15. The maximum atomic E-state index is 11.3. The van der Waals surface area contributed by atoms with Gasteiger partial charge in [-0.25, -0.2) is 9.67 Å².